The van der Waals surface area contributed by atoms with Crippen molar-refractivity contribution in [3.63, 3.8) is 0 Å². The summed E-state index contributed by atoms with van der Waals surface area (Å²) in [6.07, 6.45) is 0. The minimum atomic E-state index is -0.377. The van der Waals surface area contributed by atoms with E-state index >= 15 is 0 Å². The lowest BCUT2D eigenvalue weighted by molar-refractivity contribution is -0.113. The second-order valence-corrected chi connectivity index (χ2v) is 8.39. The molecule has 0 saturated carbocycles. The molecule has 0 bridgehead atoms. The molecule has 2 aromatic carbocycles. The van der Waals surface area contributed by atoms with Gasteiger partial charge in [-0.15, -0.1) is 5.10 Å². The topological polar surface area (TPSA) is 111 Å². The number of H-pyrrole nitrogens is 1. The predicted octanol–water partition coefficient (Wildman–Crippen LogP) is 3.45. The monoisotopic (exact) mass is 465 g/mol. The standard InChI is InChI=1S/C23H23N5O4S/c1-13-7-14(2)9-16(8-13)24-21(29)12-33-23-26-25-22(30)18-11-17(27-28(18)23)15-5-6-19(31-3)20(10-15)32-4/h5-11H,12H2,1-4H3,(H,24,29)(H,25,30). The molecule has 1 amide bonds. The van der Waals surface area contributed by atoms with Crippen molar-refractivity contribution in [2.75, 3.05) is 25.3 Å². The minimum Gasteiger partial charge on any atom is -0.493 e. The van der Waals surface area contributed by atoms with E-state index in [1.54, 1.807) is 32.4 Å². The van der Waals surface area contributed by atoms with E-state index in [1.165, 1.54) is 16.3 Å². The third-order valence-electron chi connectivity index (χ3n) is 4.89. The minimum absolute atomic E-state index is 0.104. The smallest absolute Gasteiger partial charge is 0.290 e. The van der Waals surface area contributed by atoms with Gasteiger partial charge in [0.1, 0.15) is 5.52 Å². The lowest BCUT2D eigenvalue weighted by Gasteiger charge is -2.08. The van der Waals surface area contributed by atoms with Crippen LogP contribution in [-0.4, -0.2) is 45.7 Å². The van der Waals surface area contributed by atoms with Crippen LogP contribution < -0.4 is 20.3 Å². The van der Waals surface area contributed by atoms with E-state index in [1.807, 2.05) is 38.1 Å². The van der Waals surface area contributed by atoms with Crippen molar-refractivity contribution in [3.8, 4) is 22.8 Å². The van der Waals surface area contributed by atoms with Crippen LogP contribution in [-0.2, 0) is 4.79 Å². The molecule has 2 N–H and O–H groups in total. The lowest BCUT2D eigenvalue weighted by atomic mass is 10.1. The number of fused-ring (bicyclic) bond motifs is 1. The molecule has 10 heteroatoms. The maximum Gasteiger partial charge on any atom is 0.290 e. The Balaban J connectivity index is 1.58. The number of carbonyl (C=O) groups excluding carboxylic acids is 1. The van der Waals surface area contributed by atoms with Crippen LogP contribution in [0.4, 0.5) is 5.69 Å². The highest BCUT2D eigenvalue weighted by atomic mass is 32.2. The molecule has 0 spiro atoms. The van der Waals surface area contributed by atoms with Crippen LogP contribution >= 0.6 is 11.8 Å². The summed E-state index contributed by atoms with van der Waals surface area (Å²) in [7, 11) is 3.12. The summed E-state index contributed by atoms with van der Waals surface area (Å²) < 4.78 is 12.1. The van der Waals surface area contributed by atoms with Crippen LogP contribution in [0, 0.1) is 13.8 Å². The van der Waals surface area contributed by atoms with Crippen LogP contribution in [0.5, 0.6) is 11.5 Å². The van der Waals surface area contributed by atoms with Crippen molar-refractivity contribution < 1.29 is 14.3 Å². The summed E-state index contributed by atoms with van der Waals surface area (Å²) in [4.78, 5) is 24.8. The molecule has 0 aliphatic carbocycles. The molecule has 0 atom stereocenters. The Kier molecular flexibility index (Phi) is 6.36. The van der Waals surface area contributed by atoms with Crippen molar-refractivity contribution in [1.82, 2.24) is 19.8 Å². The van der Waals surface area contributed by atoms with Gasteiger partial charge in [-0.1, -0.05) is 17.8 Å². The van der Waals surface area contributed by atoms with Gasteiger partial charge in [-0.2, -0.15) is 5.10 Å². The van der Waals surface area contributed by atoms with Crippen LogP contribution in [0.25, 0.3) is 16.8 Å². The largest absolute Gasteiger partial charge is 0.493 e. The number of thioether (sulfide) groups is 1. The van der Waals surface area contributed by atoms with Crippen molar-refractivity contribution in [2.24, 2.45) is 0 Å². The maximum absolute atomic E-state index is 12.5. The van der Waals surface area contributed by atoms with E-state index in [-0.39, 0.29) is 17.2 Å². The molecule has 0 aliphatic heterocycles. The van der Waals surface area contributed by atoms with Gasteiger partial charge in [0.15, 0.2) is 11.5 Å². The van der Waals surface area contributed by atoms with E-state index < -0.39 is 0 Å². The van der Waals surface area contributed by atoms with Gasteiger partial charge in [0.2, 0.25) is 11.1 Å². The molecule has 33 heavy (non-hydrogen) atoms. The molecule has 9 nitrogen and oxygen atoms in total. The lowest BCUT2D eigenvalue weighted by Crippen LogP contribution is -2.17. The quantitative estimate of drug-likeness (QED) is 0.402. The van der Waals surface area contributed by atoms with Crippen LogP contribution in [0.3, 0.4) is 0 Å². The Hall–Kier alpha value is -3.79. The summed E-state index contributed by atoms with van der Waals surface area (Å²) in [6, 6.07) is 12.9. The first-order valence-electron chi connectivity index (χ1n) is 10.1. The SMILES string of the molecule is COc1ccc(-c2cc3c(=O)[nH]nc(SCC(=O)Nc4cc(C)cc(C)c4)n3n2)cc1OC. The number of hydrogen-bond donors (Lipinski definition) is 2. The number of aromatic amines is 1. The fourth-order valence-electron chi connectivity index (χ4n) is 3.50. The first-order chi connectivity index (χ1) is 15.9. The Labute approximate surface area is 194 Å². The first-order valence-corrected chi connectivity index (χ1v) is 11.1. The number of aryl methyl sites for hydroxylation is 2. The third-order valence-corrected chi connectivity index (χ3v) is 5.82. The van der Waals surface area contributed by atoms with Crippen molar-refractivity contribution in [3.05, 3.63) is 63.9 Å². The van der Waals surface area contributed by atoms with E-state index in [2.05, 4.69) is 20.6 Å². The zero-order valence-electron chi connectivity index (χ0n) is 18.6. The second kappa shape index (κ2) is 9.37. The Morgan fingerprint density at radius 2 is 1.79 bits per heavy atom. The highest BCUT2D eigenvalue weighted by Crippen LogP contribution is 2.32. The molecule has 170 valence electrons. The maximum atomic E-state index is 12.5. The number of ether oxygens (including phenoxy) is 2. The number of hydrogen-bond acceptors (Lipinski definition) is 7. The van der Waals surface area contributed by atoms with Gasteiger partial charge in [0.25, 0.3) is 5.56 Å². The molecule has 0 aliphatic rings. The number of aromatic nitrogens is 4. The molecular formula is C23H23N5O4S. The van der Waals surface area contributed by atoms with Gasteiger partial charge in [-0.25, -0.2) is 9.61 Å². The number of anilines is 1. The first kappa shape index (κ1) is 22.4. The highest BCUT2D eigenvalue weighted by molar-refractivity contribution is 7.99. The van der Waals surface area contributed by atoms with Gasteiger partial charge >= 0.3 is 0 Å². The molecule has 0 fully saturated rings. The van der Waals surface area contributed by atoms with Crippen LogP contribution in [0.2, 0.25) is 0 Å². The molecule has 0 unspecified atom stereocenters. The Morgan fingerprint density at radius 1 is 1.06 bits per heavy atom. The van der Waals surface area contributed by atoms with E-state index in [4.69, 9.17) is 9.47 Å². The fraction of sp³-hybridized carbons (Fsp3) is 0.217. The third kappa shape index (κ3) is 4.85. The number of benzene rings is 2. The van der Waals surface area contributed by atoms with Crippen molar-refractivity contribution >= 4 is 28.9 Å². The van der Waals surface area contributed by atoms with E-state index in [9.17, 15) is 9.59 Å². The predicted molar refractivity (Wildman–Crippen MR) is 127 cm³/mol. The zero-order chi connectivity index (χ0) is 23.5. The molecule has 2 heterocycles. The molecule has 4 rings (SSSR count). The average molecular weight is 466 g/mol. The summed E-state index contributed by atoms with van der Waals surface area (Å²) >= 11 is 1.18. The van der Waals surface area contributed by atoms with Gasteiger partial charge in [0, 0.05) is 11.3 Å². The normalized spacial score (nSPS) is 10.9. The number of amides is 1. The Morgan fingerprint density at radius 3 is 2.48 bits per heavy atom. The summed E-state index contributed by atoms with van der Waals surface area (Å²) in [5.41, 5.74) is 4.15. The van der Waals surface area contributed by atoms with E-state index in [0.29, 0.717) is 27.9 Å². The Bertz CT molecular complexity index is 1380. The molecule has 4 aromatic rings. The summed E-state index contributed by atoms with van der Waals surface area (Å²) in [6.45, 7) is 3.96. The van der Waals surface area contributed by atoms with Crippen LogP contribution in [0.1, 0.15) is 11.1 Å². The molecule has 0 radical (unpaired) electrons. The van der Waals surface area contributed by atoms with Crippen molar-refractivity contribution in [2.45, 2.75) is 19.0 Å². The van der Waals surface area contributed by atoms with Gasteiger partial charge in [-0.05, 0) is 61.4 Å². The highest BCUT2D eigenvalue weighted by Gasteiger charge is 2.15. The summed E-state index contributed by atoms with van der Waals surface area (Å²) in [5, 5.41) is 14.4. The van der Waals surface area contributed by atoms with Gasteiger partial charge in [-0.3, -0.25) is 9.59 Å². The molecule has 2 aromatic heterocycles. The molecule has 0 saturated heterocycles. The number of nitrogens with zero attached hydrogens (tertiary/aromatic N) is 3. The summed E-state index contributed by atoms with van der Waals surface area (Å²) in [5.74, 6) is 1.07. The number of methoxy groups -OCH3 is 2. The van der Waals surface area contributed by atoms with Crippen molar-refractivity contribution in [1.29, 1.82) is 0 Å². The fourth-order valence-corrected chi connectivity index (χ4v) is 4.20. The zero-order valence-corrected chi connectivity index (χ0v) is 19.4. The number of rotatable bonds is 7. The average Bonchev–Trinajstić information content (AvgIpc) is 3.24. The van der Waals surface area contributed by atoms with E-state index in [0.717, 1.165) is 22.4 Å². The number of carbonyl (C=O) groups is 1. The second-order valence-electron chi connectivity index (χ2n) is 7.44. The van der Waals surface area contributed by atoms with Gasteiger partial charge < -0.3 is 14.8 Å². The molecular weight excluding hydrogens is 442 g/mol. The number of nitrogens with one attached hydrogen (secondary N) is 2. The van der Waals surface area contributed by atoms with Gasteiger partial charge in [0.05, 0.1) is 25.7 Å². The van der Waals surface area contributed by atoms with Crippen LogP contribution in [0.15, 0.2) is 52.4 Å².